The largest absolute Gasteiger partial charge is 0.390 e. The Morgan fingerprint density at radius 1 is 1.40 bits per heavy atom. The van der Waals surface area contributed by atoms with Crippen molar-refractivity contribution in [2.75, 3.05) is 20.1 Å². The minimum absolute atomic E-state index is 0.0804. The fraction of sp³-hybridized carbons (Fsp3) is 1.00. The second-order valence-electron chi connectivity index (χ2n) is 4.38. The van der Waals surface area contributed by atoms with Gasteiger partial charge in [0.1, 0.15) is 0 Å². The van der Waals surface area contributed by atoms with Gasteiger partial charge in [0.05, 0.1) is 6.42 Å². The van der Waals surface area contributed by atoms with Gasteiger partial charge in [0.25, 0.3) is 0 Å². The van der Waals surface area contributed by atoms with Gasteiger partial charge in [-0.2, -0.15) is 13.2 Å². The summed E-state index contributed by atoms with van der Waals surface area (Å²) in [5, 5.41) is 3.31. The molecule has 15 heavy (non-hydrogen) atoms. The van der Waals surface area contributed by atoms with Crippen LogP contribution in [-0.2, 0) is 0 Å². The second-order valence-corrected chi connectivity index (χ2v) is 4.38. The summed E-state index contributed by atoms with van der Waals surface area (Å²) in [5.41, 5.74) is 0. The smallest absolute Gasteiger partial charge is 0.312 e. The summed E-state index contributed by atoms with van der Waals surface area (Å²) < 4.78 is 35.9. The molecule has 90 valence electrons. The van der Waals surface area contributed by atoms with E-state index in [4.69, 9.17) is 0 Å². The summed E-state index contributed by atoms with van der Waals surface area (Å²) in [6, 6.07) is 0.774. The maximum absolute atomic E-state index is 12.0. The molecular formula is C10H19F3N2. The van der Waals surface area contributed by atoms with Crippen molar-refractivity contribution in [3.05, 3.63) is 0 Å². The van der Waals surface area contributed by atoms with Gasteiger partial charge in [0.2, 0.25) is 0 Å². The summed E-state index contributed by atoms with van der Waals surface area (Å²) in [6.07, 6.45) is -2.35. The molecule has 0 aromatic carbocycles. The standard InChI is InChI=1S/C10H19F3N2/c1-8(7-14-9-3-4-9)15(2)6-5-10(11,12)13/h8-9,14H,3-7H2,1-2H3. The van der Waals surface area contributed by atoms with Gasteiger partial charge in [-0.25, -0.2) is 0 Å². The van der Waals surface area contributed by atoms with Crippen LogP contribution < -0.4 is 5.32 Å². The van der Waals surface area contributed by atoms with Crippen molar-refractivity contribution in [3.8, 4) is 0 Å². The fourth-order valence-corrected chi connectivity index (χ4v) is 1.30. The van der Waals surface area contributed by atoms with Gasteiger partial charge in [-0.1, -0.05) is 0 Å². The van der Waals surface area contributed by atoms with Crippen LogP contribution >= 0.6 is 0 Å². The molecule has 1 unspecified atom stereocenters. The molecule has 1 rings (SSSR count). The zero-order valence-electron chi connectivity index (χ0n) is 9.27. The Kier molecular flexibility index (Phi) is 4.40. The van der Waals surface area contributed by atoms with Crippen LogP contribution in [0.5, 0.6) is 0 Å². The second kappa shape index (κ2) is 5.16. The molecule has 0 bridgehead atoms. The Bertz CT molecular complexity index is 190. The third-order valence-electron chi connectivity index (χ3n) is 2.78. The lowest BCUT2D eigenvalue weighted by Crippen LogP contribution is -2.40. The molecule has 0 saturated heterocycles. The summed E-state index contributed by atoms with van der Waals surface area (Å²) in [5.74, 6) is 0. The maximum Gasteiger partial charge on any atom is 0.390 e. The molecule has 1 fully saturated rings. The lowest BCUT2D eigenvalue weighted by Gasteiger charge is -2.25. The van der Waals surface area contributed by atoms with Gasteiger partial charge in [-0.15, -0.1) is 0 Å². The van der Waals surface area contributed by atoms with E-state index in [1.54, 1.807) is 11.9 Å². The number of hydrogen-bond acceptors (Lipinski definition) is 2. The van der Waals surface area contributed by atoms with E-state index in [1.165, 1.54) is 12.8 Å². The van der Waals surface area contributed by atoms with Crippen molar-refractivity contribution in [2.24, 2.45) is 0 Å². The average molecular weight is 224 g/mol. The molecule has 1 aliphatic rings. The third kappa shape index (κ3) is 5.99. The van der Waals surface area contributed by atoms with E-state index in [9.17, 15) is 13.2 Å². The van der Waals surface area contributed by atoms with Crippen molar-refractivity contribution in [1.82, 2.24) is 10.2 Å². The first-order valence-electron chi connectivity index (χ1n) is 5.39. The van der Waals surface area contributed by atoms with Gasteiger partial charge in [0.15, 0.2) is 0 Å². The van der Waals surface area contributed by atoms with E-state index in [0.29, 0.717) is 6.04 Å². The van der Waals surface area contributed by atoms with E-state index >= 15 is 0 Å². The summed E-state index contributed by atoms with van der Waals surface area (Å²) in [7, 11) is 1.74. The third-order valence-corrected chi connectivity index (χ3v) is 2.78. The Morgan fingerprint density at radius 2 is 2.00 bits per heavy atom. The van der Waals surface area contributed by atoms with Gasteiger partial charge in [0, 0.05) is 25.2 Å². The van der Waals surface area contributed by atoms with Crippen molar-refractivity contribution in [3.63, 3.8) is 0 Å². The molecule has 1 saturated carbocycles. The fourth-order valence-electron chi connectivity index (χ4n) is 1.30. The van der Waals surface area contributed by atoms with Crippen LogP contribution in [0.1, 0.15) is 26.2 Å². The molecule has 0 radical (unpaired) electrons. The molecule has 0 aromatic heterocycles. The van der Waals surface area contributed by atoms with Crippen LogP contribution in [0, 0.1) is 0 Å². The van der Waals surface area contributed by atoms with Crippen LogP contribution in [0.3, 0.4) is 0 Å². The van der Waals surface area contributed by atoms with Crippen LogP contribution in [0.15, 0.2) is 0 Å². The number of likely N-dealkylation sites (N-methyl/N-ethyl adjacent to an activating group) is 1. The predicted octanol–water partition coefficient (Wildman–Crippen LogP) is 2.01. The van der Waals surface area contributed by atoms with E-state index in [0.717, 1.165) is 6.54 Å². The molecule has 0 spiro atoms. The van der Waals surface area contributed by atoms with E-state index < -0.39 is 12.6 Å². The molecule has 5 heteroatoms. The van der Waals surface area contributed by atoms with Gasteiger partial charge < -0.3 is 10.2 Å². The van der Waals surface area contributed by atoms with Crippen molar-refractivity contribution >= 4 is 0 Å². The Morgan fingerprint density at radius 3 is 2.47 bits per heavy atom. The Hall–Kier alpha value is -0.290. The first kappa shape index (κ1) is 12.8. The first-order chi connectivity index (χ1) is 6.88. The highest BCUT2D eigenvalue weighted by Crippen LogP contribution is 2.20. The molecule has 0 aliphatic heterocycles. The first-order valence-corrected chi connectivity index (χ1v) is 5.39. The number of nitrogens with zero attached hydrogens (tertiary/aromatic N) is 1. The molecular weight excluding hydrogens is 205 g/mol. The molecule has 0 aromatic rings. The highest BCUT2D eigenvalue weighted by atomic mass is 19.4. The lowest BCUT2D eigenvalue weighted by atomic mass is 10.2. The number of halogens is 3. The Labute approximate surface area is 88.8 Å². The average Bonchev–Trinajstić information content (AvgIpc) is 2.92. The maximum atomic E-state index is 12.0. The van der Waals surface area contributed by atoms with Gasteiger partial charge in [-0.3, -0.25) is 0 Å². The highest BCUT2D eigenvalue weighted by Gasteiger charge is 2.28. The van der Waals surface area contributed by atoms with Crippen molar-refractivity contribution < 1.29 is 13.2 Å². The molecule has 0 heterocycles. The highest BCUT2D eigenvalue weighted by molar-refractivity contribution is 4.82. The normalized spacial score (nSPS) is 19.6. The number of rotatable bonds is 6. The molecule has 1 N–H and O–H groups in total. The molecule has 2 nitrogen and oxygen atoms in total. The predicted molar refractivity (Wildman–Crippen MR) is 53.8 cm³/mol. The zero-order chi connectivity index (χ0) is 11.5. The minimum Gasteiger partial charge on any atom is -0.312 e. The van der Waals surface area contributed by atoms with E-state index in [2.05, 4.69) is 5.32 Å². The Balaban J connectivity index is 2.10. The summed E-state index contributed by atoms with van der Waals surface area (Å²) in [4.78, 5) is 1.75. The van der Waals surface area contributed by atoms with Gasteiger partial charge >= 0.3 is 6.18 Å². The summed E-state index contributed by atoms with van der Waals surface area (Å²) in [6.45, 7) is 2.81. The van der Waals surface area contributed by atoms with Crippen molar-refractivity contribution in [1.29, 1.82) is 0 Å². The SMILES string of the molecule is CC(CNC1CC1)N(C)CCC(F)(F)F. The minimum atomic E-state index is -4.04. The number of hydrogen-bond donors (Lipinski definition) is 1. The topological polar surface area (TPSA) is 15.3 Å². The number of alkyl halides is 3. The lowest BCUT2D eigenvalue weighted by molar-refractivity contribution is -0.138. The molecule has 0 amide bonds. The van der Waals surface area contributed by atoms with Crippen LogP contribution in [0.25, 0.3) is 0 Å². The van der Waals surface area contributed by atoms with Gasteiger partial charge in [-0.05, 0) is 26.8 Å². The van der Waals surface area contributed by atoms with Crippen LogP contribution in [0.4, 0.5) is 13.2 Å². The van der Waals surface area contributed by atoms with Crippen LogP contribution in [0.2, 0.25) is 0 Å². The molecule has 1 aliphatic carbocycles. The zero-order valence-corrected chi connectivity index (χ0v) is 9.27. The van der Waals surface area contributed by atoms with Crippen LogP contribution in [-0.4, -0.2) is 43.3 Å². The van der Waals surface area contributed by atoms with E-state index in [1.807, 2.05) is 6.92 Å². The quantitative estimate of drug-likeness (QED) is 0.742. The monoisotopic (exact) mass is 224 g/mol. The van der Waals surface area contributed by atoms with E-state index in [-0.39, 0.29) is 12.6 Å². The molecule has 1 atom stereocenters. The number of nitrogens with one attached hydrogen (secondary N) is 1. The van der Waals surface area contributed by atoms with Crippen molar-refractivity contribution in [2.45, 2.75) is 44.4 Å². The summed E-state index contributed by atoms with van der Waals surface area (Å²) >= 11 is 0.